The Morgan fingerprint density at radius 3 is 2.26 bits per heavy atom. The molecule has 50 heavy (non-hydrogen) atoms. The number of carbonyl (C=O) groups excluding carboxylic acids is 1. The number of esters is 1. The molecular weight excluding hydrogens is 701 g/mol. The highest BCUT2D eigenvalue weighted by atomic mass is 35.5. The van der Waals surface area contributed by atoms with Gasteiger partial charge in [0.1, 0.15) is 27.1 Å². The zero-order valence-corrected chi connectivity index (χ0v) is 30.3. The van der Waals surface area contributed by atoms with Gasteiger partial charge in [-0.2, -0.15) is 0 Å². The Bertz CT molecular complexity index is 1820. The van der Waals surface area contributed by atoms with Crippen LogP contribution in [0.15, 0.2) is 67.0 Å². The fourth-order valence-corrected chi connectivity index (χ4v) is 8.88. The van der Waals surface area contributed by atoms with Crippen LogP contribution in [0, 0.1) is 0 Å². The van der Waals surface area contributed by atoms with Gasteiger partial charge in [0.15, 0.2) is 11.5 Å². The van der Waals surface area contributed by atoms with Crippen molar-refractivity contribution < 1.29 is 38.8 Å². The number of carbonyl (C=O) groups is 2. The summed E-state index contributed by atoms with van der Waals surface area (Å²) in [5, 5.41) is 24.3. The number of hydrogen-bond donors (Lipinski definition) is 3. The summed E-state index contributed by atoms with van der Waals surface area (Å²) in [7, 11) is 5.22. The number of thiophene rings is 1. The summed E-state index contributed by atoms with van der Waals surface area (Å²) in [6, 6.07) is 16.8. The number of carboxylic acids is 1. The molecule has 264 valence electrons. The first-order valence-corrected chi connectivity index (χ1v) is 18.0. The number of aromatic nitrogens is 1. The van der Waals surface area contributed by atoms with Gasteiger partial charge in [0.25, 0.3) is 0 Å². The molecule has 0 spiro atoms. The second kappa shape index (κ2) is 15.6. The lowest BCUT2D eigenvalue weighted by Crippen LogP contribution is -2.44. The van der Waals surface area contributed by atoms with Crippen LogP contribution in [0.1, 0.15) is 74.4 Å². The van der Waals surface area contributed by atoms with E-state index in [9.17, 15) is 19.9 Å². The molecule has 2 aliphatic heterocycles. The van der Waals surface area contributed by atoms with Gasteiger partial charge in [-0.25, -0.2) is 9.59 Å². The number of nitrogens with one attached hydrogen (secondary N) is 1. The molecular formula is C37H40Cl2N3O7S+. The van der Waals surface area contributed by atoms with Crippen LogP contribution in [0.2, 0.25) is 10.0 Å². The zero-order chi connectivity index (χ0) is 35.5. The minimum Gasteiger partial charge on any atom is -0.493 e. The standard InChI is InChI=1S/C37H39Cl2N3O7S/c1-41-23-10-11-24(41)15-25(14-23)49-37(45)34(21-7-5-4-6-8-21)40-18-26-16-28(35(50-26)36(43)44)27(17-29-30(38)19-42(46)20-31(29)39)22-9-12-32(47-2)33(13-22)48-3/h4-9,12-13,16,19-20,23-25,27,34,40H,10-11,14-15,17-18H2,1-3H3,(H-,43,44,46)/p+1/t23-,24-,27+,34?/m1/s1. The Morgan fingerprint density at radius 1 is 0.980 bits per heavy atom. The average Bonchev–Trinajstić information content (AvgIpc) is 3.60. The van der Waals surface area contributed by atoms with E-state index in [2.05, 4.69) is 17.3 Å². The van der Waals surface area contributed by atoms with Crippen molar-refractivity contribution in [3.63, 3.8) is 0 Å². The van der Waals surface area contributed by atoms with Crippen molar-refractivity contribution in [2.75, 3.05) is 21.3 Å². The SMILES string of the molecule is COc1ccc([C@H](Cc2c(Cl)c[n+](O)cc2Cl)c2cc(CNC(C(=O)OC3C[C@H]4CC[C@H](C3)N4C)c3ccccc3)sc2C(=O)O)cc1OC. The van der Waals surface area contributed by atoms with Crippen LogP contribution in [-0.4, -0.2) is 66.6 Å². The van der Waals surface area contributed by atoms with E-state index in [4.69, 9.17) is 37.4 Å². The molecule has 4 heterocycles. The lowest BCUT2D eigenvalue weighted by molar-refractivity contribution is -0.904. The van der Waals surface area contributed by atoms with Crippen LogP contribution in [0.4, 0.5) is 0 Å². The molecule has 4 aromatic rings. The minimum absolute atomic E-state index is 0.141. The molecule has 10 nitrogen and oxygen atoms in total. The highest BCUT2D eigenvalue weighted by molar-refractivity contribution is 7.14. The van der Waals surface area contributed by atoms with Gasteiger partial charge in [0.05, 0.1) is 14.2 Å². The van der Waals surface area contributed by atoms with Gasteiger partial charge < -0.3 is 24.2 Å². The number of nitrogens with zero attached hydrogens (tertiary/aromatic N) is 2. The van der Waals surface area contributed by atoms with Gasteiger partial charge in [-0.05, 0) is 74.0 Å². The number of ether oxygens (including phenoxy) is 3. The molecule has 3 N–H and O–H groups in total. The molecule has 4 atom stereocenters. The summed E-state index contributed by atoms with van der Waals surface area (Å²) in [5.74, 6) is -0.976. The molecule has 2 fully saturated rings. The van der Waals surface area contributed by atoms with Crippen molar-refractivity contribution >= 4 is 46.5 Å². The molecule has 2 aromatic carbocycles. The second-order valence-corrected chi connectivity index (χ2v) is 14.7. The average molecular weight is 742 g/mol. The Kier molecular flexibility index (Phi) is 11.2. The van der Waals surface area contributed by atoms with Crippen LogP contribution in [-0.2, 0) is 22.5 Å². The Labute approximate surface area is 305 Å². The van der Waals surface area contributed by atoms with Crippen LogP contribution in [0.5, 0.6) is 11.5 Å². The van der Waals surface area contributed by atoms with E-state index in [-0.39, 0.29) is 40.0 Å². The summed E-state index contributed by atoms with van der Waals surface area (Å²) in [4.78, 5) is 29.8. The normalized spacial score (nSPS) is 19.9. The van der Waals surface area contributed by atoms with Crippen molar-refractivity contribution in [3.8, 4) is 11.5 Å². The van der Waals surface area contributed by atoms with E-state index in [1.807, 2.05) is 42.5 Å². The number of hydrogen-bond acceptors (Lipinski definition) is 9. The van der Waals surface area contributed by atoms with E-state index in [0.29, 0.717) is 39.6 Å². The number of carboxylic acid groups (broad SMARTS) is 1. The minimum atomic E-state index is -1.09. The third-order valence-electron chi connectivity index (χ3n) is 9.85. The number of methoxy groups -OCH3 is 2. The maximum absolute atomic E-state index is 13.8. The fourth-order valence-electron chi connectivity index (χ4n) is 7.26. The highest BCUT2D eigenvalue weighted by Crippen LogP contribution is 2.41. The summed E-state index contributed by atoms with van der Waals surface area (Å²) in [6.45, 7) is 0.217. The first-order valence-electron chi connectivity index (χ1n) is 16.4. The smallest absolute Gasteiger partial charge is 0.346 e. The number of aromatic carboxylic acids is 1. The van der Waals surface area contributed by atoms with E-state index in [1.165, 1.54) is 19.5 Å². The van der Waals surface area contributed by atoms with E-state index >= 15 is 0 Å². The number of fused-ring (bicyclic) bond motifs is 2. The molecule has 0 radical (unpaired) electrons. The molecule has 0 aliphatic carbocycles. The van der Waals surface area contributed by atoms with Gasteiger partial charge in [0.2, 0.25) is 12.4 Å². The molecule has 2 saturated heterocycles. The maximum atomic E-state index is 13.8. The number of halogens is 2. The van der Waals surface area contributed by atoms with E-state index in [0.717, 1.165) is 52.9 Å². The van der Waals surface area contributed by atoms with Crippen molar-refractivity contribution in [3.05, 3.63) is 109 Å². The Balaban J connectivity index is 1.31. The fraction of sp³-hybridized carbons (Fsp3) is 0.378. The van der Waals surface area contributed by atoms with Crippen LogP contribution >= 0.6 is 34.5 Å². The Morgan fingerprint density at radius 2 is 1.64 bits per heavy atom. The monoisotopic (exact) mass is 740 g/mol. The zero-order valence-electron chi connectivity index (χ0n) is 28.0. The van der Waals surface area contributed by atoms with Gasteiger partial charge in [-0.15, -0.1) is 11.3 Å². The van der Waals surface area contributed by atoms with Crippen LogP contribution in [0.3, 0.4) is 0 Å². The van der Waals surface area contributed by atoms with Gasteiger partial charge >= 0.3 is 11.9 Å². The predicted molar refractivity (Wildman–Crippen MR) is 190 cm³/mol. The van der Waals surface area contributed by atoms with Crippen LogP contribution < -0.4 is 19.5 Å². The van der Waals surface area contributed by atoms with Crippen molar-refractivity contribution in [2.24, 2.45) is 0 Å². The molecule has 0 saturated carbocycles. The van der Waals surface area contributed by atoms with Gasteiger partial charge in [0, 0.05) is 39.7 Å². The number of rotatable bonds is 13. The van der Waals surface area contributed by atoms with Crippen molar-refractivity contribution in [1.29, 1.82) is 0 Å². The lowest BCUT2D eigenvalue weighted by atomic mass is 9.85. The largest absolute Gasteiger partial charge is 0.493 e. The first-order chi connectivity index (χ1) is 24.1. The number of benzene rings is 2. The van der Waals surface area contributed by atoms with Gasteiger partial charge in [-0.3, -0.25) is 10.5 Å². The van der Waals surface area contributed by atoms with Crippen molar-refractivity contribution in [1.82, 2.24) is 10.2 Å². The number of piperidine rings is 1. The molecule has 1 unspecified atom stereocenters. The topological polar surface area (TPSA) is 121 Å². The maximum Gasteiger partial charge on any atom is 0.346 e. The molecule has 6 rings (SSSR count). The summed E-state index contributed by atoms with van der Waals surface area (Å²) in [6.07, 6.45) is 6.62. The third kappa shape index (κ3) is 7.72. The van der Waals surface area contributed by atoms with Crippen molar-refractivity contribution in [2.45, 2.75) is 68.8 Å². The first kappa shape index (κ1) is 35.9. The Hall–Kier alpha value is -3.87. The lowest BCUT2D eigenvalue weighted by Gasteiger charge is -2.36. The molecule has 13 heteroatoms. The molecule has 2 aliphatic rings. The quantitative estimate of drug-likeness (QED) is 0.0784. The van der Waals surface area contributed by atoms with Gasteiger partial charge in [-0.1, -0.05) is 59.6 Å². The summed E-state index contributed by atoms with van der Waals surface area (Å²) in [5.41, 5.74) is 2.59. The highest BCUT2D eigenvalue weighted by Gasteiger charge is 2.40. The predicted octanol–water partition coefficient (Wildman–Crippen LogP) is 6.67. The number of pyridine rings is 1. The second-order valence-electron chi connectivity index (χ2n) is 12.8. The third-order valence-corrected chi connectivity index (χ3v) is 11.6. The van der Waals surface area contributed by atoms with E-state index in [1.54, 1.807) is 19.2 Å². The molecule has 2 aromatic heterocycles. The molecule has 2 bridgehead atoms. The molecule has 0 amide bonds. The summed E-state index contributed by atoms with van der Waals surface area (Å²) < 4.78 is 18.0. The van der Waals surface area contributed by atoms with Crippen LogP contribution in [0.25, 0.3) is 0 Å². The van der Waals surface area contributed by atoms with E-state index < -0.39 is 17.9 Å². The summed E-state index contributed by atoms with van der Waals surface area (Å²) >= 11 is 14.3.